The van der Waals surface area contributed by atoms with Crippen LogP contribution in [0.2, 0.25) is 0 Å². The predicted octanol–water partition coefficient (Wildman–Crippen LogP) is 1.26. The normalized spacial score (nSPS) is 20.1. The van der Waals surface area contributed by atoms with Gasteiger partial charge >= 0.3 is 0 Å². The molecule has 1 aliphatic carbocycles. The van der Waals surface area contributed by atoms with Crippen LogP contribution >= 0.6 is 0 Å². The number of aliphatic hydroxyl groups excluding tert-OH is 1. The van der Waals surface area contributed by atoms with Gasteiger partial charge in [0, 0.05) is 36.8 Å². The molecule has 3 atom stereocenters. The second kappa shape index (κ2) is 12.4. The van der Waals surface area contributed by atoms with E-state index in [0.29, 0.717) is 31.4 Å². The Balaban J connectivity index is 0.00000107. The summed E-state index contributed by atoms with van der Waals surface area (Å²) in [5, 5.41) is 22.9. The number of imidazole rings is 1. The van der Waals surface area contributed by atoms with Crippen LogP contribution in [0.4, 0.5) is 4.39 Å². The number of nitrogens with one attached hydrogen (secondary N) is 3. The summed E-state index contributed by atoms with van der Waals surface area (Å²) < 4.78 is 13.0. The van der Waals surface area contributed by atoms with Crippen LogP contribution in [0.3, 0.4) is 0 Å². The molecule has 0 spiro atoms. The van der Waals surface area contributed by atoms with Crippen LogP contribution in [0.15, 0.2) is 36.7 Å². The lowest BCUT2D eigenvalue weighted by atomic mass is 9.83. The molecule has 2 aromatic rings. The van der Waals surface area contributed by atoms with Gasteiger partial charge in [-0.15, -0.1) is 0 Å². The van der Waals surface area contributed by atoms with Gasteiger partial charge in [-0.2, -0.15) is 0 Å². The van der Waals surface area contributed by atoms with Gasteiger partial charge < -0.3 is 25.8 Å². The van der Waals surface area contributed by atoms with Crippen LogP contribution in [-0.4, -0.2) is 57.2 Å². The molecule has 5 N–H and O–H groups in total. The Bertz CT molecular complexity index is 829. The number of carboxylic acid groups (broad SMARTS) is 1. The summed E-state index contributed by atoms with van der Waals surface area (Å²) in [6.45, 7) is 0.302. The Labute approximate surface area is 179 Å². The number of carbonyl (C=O) groups is 3. The van der Waals surface area contributed by atoms with Gasteiger partial charge in [0.25, 0.3) is 12.4 Å². The Hall–Kier alpha value is -3.27. The first-order valence-corrected chi connectivity index (χ1v) is 10.0. The molecule has 0 saturated heterocycles. The molecule has 168 valence electrons. The first-order chi connectivity index (χ1) is 14.9. The van der Waals surface area contributed by atoms with Gasteiger partial charge in [0.15, 0.2) is 0 Å². The molecule has 1 saturated carbocycles. The van der Waals surface area contributed by atoms with Crippen LogP contribution < -0.4 is 10.6 Å². The van der Waals surface area contributed by atoms with E-state index in [1.807, 2.05) is 0 Å². The highest BCUT2D eigenvalue weighted by molar-refractivity contribution is 5.94. The van der Waals surface area contributed by atoms with E-state index in [9.17, 15) is 19.1 Å². The number of amides is 2. The number of rotatable bonds is 7. The van der Waals surface area contributed by atoms with E-state index in [1.165, 1.54) is 24.3 Å². The van der Waals surface area contributed by atoms with Gasteiger partial charge in [-0.1, -0.05) is 0 Å². The average Bonchev–Trinajstić information content (AvgIpc) is 3.27. The molecule has 0 bridgehead atoms. The van der Waals surface area contributed by atoms with E-state index in [0.717, 1.165) is 18.7 Å². The lowest BCUT2D eigenvalue weighted by Gasteiger charge is -2.33. The summed E-state index contributed by atoms with van der Waals surface area (Å²) in [5.74, 6) is -0.210. The fraction of sp³-hybridized carbons (Fsp3) is 0.429. The van der Waals surface area contributed by atoms with Crippen LogP contribution in [0.25, 0.3) is 0 Å². The van der Waals surface area contributed by atoms with Gasteiger partial charge in [0.1, 0.15) is 11.6 Å². The maximum absolute atomic E-state index is 13.0. The smallest absolute Gasteiger partial charge is 0.290 e. The molecule has 1 aromatic heterocycles. The topological polar surface area (TPSA) is 144 Å². The third kappa shape index (κ3) is 7.82. The molecular weight excluding hydrogens is 407 g/mol. The van der Waals surface area contributed by atoms with Crippen molar-refractivity contribution in [1.29, 1.82) is 0 Å². The largest absolute Gasteiger partial charge is 0.483 e. The zero-order valence-corrected chi connectivity index (χ0v) is 17.0. The number of nitrogens with zero attached hydrogens (tertiary/aromatic N) is 1. The molecule has 10 heteroatoms. The van der Waals surface area contributed by atoms with Crippen molar-refractivity contribution in [2.75, 3.05) is 6.54 Å². The summed E-state index contributed by atoms with van der Waals surface area (Å²) in [5.41, 5.74) is 0.338. The maximum atomic E-state index is 13.0. The quantitative estimate of drug-likeness (QED) is 0.328. The van der Waals surface area contributed by atoms with Gasteiger partial charge in [0.05, 0.1) is 12.1 Å². The first kappa shape index (κ1) is 24.0. The SMILES string of the molecule is O=C(N[C@H]1CC[C@H](C(=O)NCCCc2ncc[nH]2)C[C@@H]1O)c1ccc(F)cc1.O=CO. The van der Waals surface area contributed by atoms with Crippen LogP contribution in [-0.2, 0) is 16.0 Å². The van der Waals surface area contributed by atoms with Crippen molar-refractivity contribution in [2.45, 2.75) is 44.2 Å². The highest BCUT2D eigenvalue weighted by atomic mass is 19.1. The molecule has 1 aliphatic rings. The second-order valence-electron chi connectivity index (χ2n) is 7.20. The van der Waals surface area contributed by atoms with Crippen LogP contribution in [0.1, 0.15) is 41.9 Å². The highest BCUT2D eigenvalue weighted by Gasteiger charge is 2.33. The van der Waals surface area contributed by atoms with Gasteiger partial charge in [-0.05, 0) is 49.9 Å². The Morgan fingerprint density at radius 1 is 1.26 bits per heavy atom. The molecule has 31 heavy (non-hydrogen) atoms. The number of aryl methyl sites for hydroxylation is 1. The van der Waals surface area contributed by atoms with Crippen molar-refractivity contribution >= 4 is 18.3 Å². The standard InChI is InChI=1S/C20H25FN4O3.CH2O2/c21-15-6-3-13(4-7-15)20(28)25-16-8-5-14(12-17(16)26)19(27)24-9-1-2-18-22-10-11-23-18;2-1-3/h3-4,6-7,10-11,14,16-17,26H,1-2,5,8-9,12H2,(H,22,23)(H,24,27)(H,25,28);1H,(H,2,3)/t14-,16-,17-;/m0./s1. The zero-order chi connectivity index (χ0) is 22.6. The lowest BCUT2D eigenvalue weighted by Crippen LogP contribution is -2.49. The molecule has 0 radical (unpaired) electrons. The van der Waals surface area contributed by atoms with Crippen molar-refractivity contribution in [2.24, 2.45) is 5.92 Å². The van der Waals surface area contributed by atoms with Crippen LogP contribution in [0, 0.1) is 11.7 Å². The third-order valence-electron chi connectivity index (χ3n) is 5.05. The van der Waals surface area contributed by atoms with E-state index in [2.05, 4.69) is 20.6 Å². The van der Waals surface area contributed by atoms with Crippen molar-refractivity contribution in [3.63, 3.8) is 0 Å². The minimum atomic E-state index is -0.794. The number of carbonyl (C=O) groups excluding carboxylic acids is 2. The molecule has 3 rings (SSSR count). The Morgan fingerprint density at radius 2 is 1.97 bits per heavy atom. The number of aromatic amines is 1. The van der Waals surface area contributed by atoms with E-state index in [4.69, 9.17) is 9.90 Å². The molecule has 2 amide bonds. The van der Waals surface area contributed by atoms with Gasteiger partial charge in [0.2, 0.25) is 5.91 Å². The first-order valence-electron chi connectivity index (χ1n) is 10.0. The predicted molar refractivity (Wildman–Crippen MR) is 110 cm³/mol. The average molecular weight is 434 g/mol. The highest BCUT2D eigenvalue weighted by Crippen LogP contribution is 2.25. The molecule has 1 heterocycles. The van der Waals surface area contributed by atoms with Gasteiger partial charge in [-0.3, -0.25) is 14.4 Å². The molecular formula is C21H27FN4O5. The van der Waals surface area contributed by atoms with Crippen molar-refractivity contribution in [3.8, 4) is 0 Å². The summed E-state index contributed by atoms with van der Waals surface area (Å²) in [7, 11) is 0. The summed E-state index contributed by atoms with van der Waals surface area (Å²) in [4.78, 5) is 40.1. The van der Waals surface area contributed by atoms with Gasteiger partial charge in [-0.25, -0.2) is 9.37 Å². The van der Waals surface area contributed by atoms with E-state index < -0.39 is 18.0 Å². The van der Waals surface area contributed by atoms with Crippen LogP contribution in [0.5, 0.6) is 0 Å². The number of aromatic nitrogens is 2. The lowest BCUT2D eigenvalue weighted by molar-refractivity contribution is -0.127. The maximum Gasteiger partial charge on any atom is 0.290 e. The molecule has 9 nitrogen and oxygen atoms in total. The van der Waals surface area contributed by atoms with E-state index in [-0.39, 0.29) is 24.2 Å². The fourth-order valence-electron chi connectivity index (χ4n) is 3.45. The minimum absolute atomic E-state index is 0.0678. The fourth-order valence-corrected chi connectivity index (χ4v) is 3.45. The minimum Gasteiger partial charge on any atom is -0.483 e. The monoisotopic (exact) mass is 434 g/mol. The number of halogens is 1. The molecule has 1 aromatic carbocycles. The van der Waals surface area contributed by atoms with E-state index in [1.54, 1.807) is 12.4 Å². The summed E-state index contributed by atoms with van der Waals surface area (Å²) in [6, 6.07) is 4.83. The molecule has 1 fully saturated rings. The zero-order valence-electron chi connectivity index (χ0n) is 17.0. The number of hydrogen-bond donors (Lipinski definition) is 5. The Kier molecular flexibility index (Phi) is 9.63. The number of hydrogen-bond acceptors (Lipinski definition) is 5. The Morgan fingerprint density at radius 3 is 2.58 bits per heavy atom. The molecule has 0 aliphatic heterocycles. The third-order valence-corrected chi connectivity index (χ3v) is 5.05. The van der Waals surface area contributed by atoms with Crippen molar-refractivity contribution in [1.82, 2.24) is 20.6 Å². The summed E-state index contributed by atoms with van der Waals surface area (Å²) in [6.07, 6.45) is 5.62. The van der Waals surface area contributed by atoms with Crippen molar-refractivity contribution in [3.05, 3.63) is 53.9 Å². The number of H-pyrrole nitrogens is 1. The van der Waals surface area contributed by atoms with Crippen molar-refractivity contribution < 1.29 is 29.0 Å². The summed E-state index contributed by atoms with van der Waals surface area (Å²) >= 11 is 0. The number of aliphatic hydroxyl groups is 1. The molecule has 0 unspecified atom stereocenters. The number of benzene rings is 1. The second-order valence-corrected chi connectivity index (χ2v) is 7.20. The van der Waals surface area contributed by atoms with E-state index >= 15 is 0 Å².